The number of amides is 2. The average Bonchev–Trinajstić information content (AvgIpc) is 3.21. The molecule has 150 valence electrons. The fourth-order valence-corrected chi connectivity index (χ4v) is 3.68. The Morgan fingerprint density at radius 2 is 1.85 bits per heavy atom. The van der Waals surface area contributed by atoms with Crippen molar-refractivity contribution >= 4 is 11.7 Å². The number of benzene rings is 1. The van der Waals surface area contributed by atoms with Crippen molar-refractivity contribution in [2.75, 3.05) is 38.3 Å². The fraction of sp³-hybridized carbons (Fsp3) is 0.650. The molecule has 1 aromatic rings. The highest BCUT2D eigenvalue weighted by Crippen LogP contribution is 2.37. The van der Waals surface area contributed by atoms with Crippen LogP contribution in [0.15, 0.2) is 18.2 Å². The summed E-state index contributed by atoms with van der Waals surface area (Å²) >= 11 is 0. The normalized spacial score (nSPS) is 18.7. The van der Waals surface area contributed by atoms with Crippen LogP contribution in [0.2, 0.25) is 0 Å². The van der Waals surface area contributed by atoms with Gasteiger partial charge in [-0.05, 0) is 31.4 Å². The molecule has 1 atom stereocenters. The summed E-state index contributed by atoms with van der Waals surface area (Å²) in [6.07, 6.45) is 3.80. The van der Waals surface area contributed by atoms with Crippen LogP contribution < -0.4 is 20.1 Å². The van der Waals surface area contributed by atoms with Crippen molar-refractivity contribution in [1.82, 2.24) is 5.32 Å². The highest BCUT2D eigenvalue weighted by atomic mass is 16.7. The van der Waals surface area contributed by atoms with Gasteiger partial charge in [-0.25, -0.2) is 4.79 Å². The van der Waals surface area contributed by atoms with Gasteiger partial charge in [-0.2, -0.15) is 0 Å². The van der Waals surface area contributed by atoms with Crippen molar-refractivity contribution in [3.8, 4) is 11.5 Å². The number of anilines is 1. The van der Waals surface area contributed by atoms with E-state index in [1.807, 2.05) is 6.07 Å². The lowest BCUT2D eigenvalue weighted by Crippen LogP contribution is -2.35. The van der Waals surface area contributed by atoms with E-state index in [-0.39, 0.29) is 17.7 Å². The van der Waals surface area contributed by atoms with E-state index in [9.17, 15) is 4.79 Å². The third-order valence-electron chi connectivity index (χ3n) is 5.02. The molecule has 0 bridgehead atoms. The summed E-state index contributed by atoms with van der Waals surface area (Å²) in [5, 5.41) is 5.75. The predicted molar refractivity (Wildman–Crippen MR) is 102 cm³/mol. The molecule has 2 aliphatic heterocycles. The quantitative estimate of drug-likeness (QED) is 0.677. The van der Waals surface area contributed by atoms with Crippen molar-refractivity contribution in [1.29, 1.82) is 0 Å². The van der Waals surface area contributed by atoms with E-state index in [1.54, 1.807) is 12.1 Å². The average molecular weight is 378 g/mol. The number of nitrogens with one attached hydrogen (secondary N) is 2. The summed E-state index contributed by atoms with van der Waals surface area (Å²) in [6.45, 7) is 7.39. The Hall–Kier alpha value is -1.99. The van der Waals surface area contributed by atoms with Gasteiger partial charge in [0.25, 0.3) is 0 Å². The van der Waals surface area contributed by atoms with Gasteiger partial charge in [0.2, 0.25) is 0 Å². The van der Waals surface area contributed by atoms with Crippen molar-refractivity contribution in [3.63, 3.8) is 0 Å². The SMILES string of the molecule is CCC[C@](C)(CCCNC(=O)Nc1ccc2c(c1)OCCO2)C1OCCO1. The van der Waals surface area contributed by atoms with Gasteiger partial charge in [-0.3, -0.25) is 0 Å². The molecule has 7 nitrogen and oxygen atoms in total. The molecule has 27 heavy (non-hydrogen) atoms. The lowest BCUT2D eigenvalue weighted by Gasteiger charge is -2.34. The second-order valence-electron chi connectivity index (χ2n) is 7.32. The maximum Gasteiger partial charge on any atom is 0.319 e. The summed E-state index contributed by atoms with van der Waals surface area (Å²) in [5.41, 5.74) is 0.666. The number of carbonyl (C=O) groups is 1. The van der Waals surface area contributed by atoms with Crippen LogP contribution in [0.4, 0.5) is 10.5 Å². The van der Waals surface area contributed by atoms with Gasteiger partial charge in [-0.1, -0.05) is 20.3 Å². The van der Waals surface area contributed by atoms with Crippen molar-refractivity contribution in [3.05, 3.63) is 18.2 Å². The van der Waals surface area contributed by atoms with Gasteiger partial charge in [-0.15, -0.1) is 0 Å². The van der Waals surface area contributed by atoms with Crippen molar-refractivity contribution < 1.29 is 23.7 Å². The summed E-state index contributed by atoms with van der Waals surface area (Å²) < 4.78 is 22.5. The molecule has 0 saturated carbocycles. The molecule has 1 aromatic carbocycles. The first kappa shape index (κ1) is 19.8. The van der Waals surface area contributed by atoms with E-state index in [4.69, 9.17) is 18.9 Å². The number of carbonyl (C=O) groups excluding carboxylic acids is 1. The lowest BCUT2D eigenvalue weighted by atomic mass is 9.80. The summed E-state index contributed by atoms with van der Waals surface area (Å²) in [6, 6.07) is 5.17. The molecule has 0 aromatic heterocycles. The molecule has 1 saturated heterocycles. The van der Waals surface area contributed by atoms with E-state index >= 15 is 0 Å². The highest BCUT2D eigenvalue weighted by Gasteiger charge is 2.37. The van der Waals surface area contributed by atoms with Crippen LogP contribution in [0, 0.1) is 5.41 Å². The molecular weight excluding hydrogens is 348 g/mol. The number of hydrogen-bond acceptors (Lipinski definition) is 5. The third-order valence-corrected chi connectivity index (χ3v) is 5.02. The highest BCUT2D eigenvalue weighted by molar-refractivity contribution is 5.89. The van der Waals surface area contributed by atoms with Crippen LogP contribution in [0.3, 0.4) is 0 Å². The van der Waals surface area contributed by atoms with Crippen molar-refractivity contribution in [2.45, 2.75) is 45.8 Å². The monoisotopic (exact) mass is 378 g/mol. The third kappa shape index (κ3) is 5.26. The Balaban J connectivity index is 1.42. The molecule has 2 aliphatic rings. The van der Waals surface area contributed by atoms with Crippen LogP contribution in [0.5, 0.6) is 11.5 Å². The second-order valence-corrected chi connectivity index (χ2v) is 7.32. The number of ether oxygens (including phenoxy) is 4. The van der Waals surface area contributed by atoms with E-state index in [2.05, 4.69) is 24.5 Å². The molecule has 2 amide bonds. The van der Waals surface area contributed by atoms with Crippen LogP contribution in [0.25, 0.3) is 0 Å². The zero-order valence-corrected chi connectivity index (χ0v) is 16.2. The molecule has 0 aliphatic carbocycles. The molecular formula is C20H30N2O5. The summed E-state index contributed by atoms with van der Waals surface area (Å²) in [5.74, 6) is 1.37. The fourth-order valence-electron chi connectivity index (χ4n) is 3.68. The van der Waals surface area contributed by atoms with Gasteiger partial charge < -0.3 is 29.6 Å². The maximum atomic E-state index is 12.1. The van der Waals surface area contributed by atoms with E-state index in [1.165, 1.54) is 0 Å². The smallest absolute Gasteiger partial charge is 0.319 e. The second kappa shape index (κ2) is 9.28. The number of rotatable bonds is 8. The van der Waals surface area contributed by atoms with Gasteiger partial charge in [0.1, 0.15) is 13.2 Å². The zero-order valence-electron chi connectivity index (χ0n) is 16.2. The van der Waals surface area contributed by atoms with E-state index in [0.29, 0.717) is 50.2 Å². The Kier molecular flexibility index (Phi) is 6.79. The van der Waals surface area contributed by atoms with Crippen LogP contribution >= 0.6 is 0 Å². The summed E-state index contributed by atoms with van der Waals surface area (Å²) in [7, 11) is 0. The zero-order chi connectivity index (χ0) is 19.1. The molecule has 0 spiro atoms. The van der Waals surface area contributed by atoms with Gasteiger partial charge in [0, 0.05) is 23.7 Å². The topological polar surface area (TPSA) is 78.1 Å². The first-order valence-electron chi connectivity index (χ1n) is 9.78. The van der Waals surface area contributed by atoms with Gasteiger partial charge in [0.15, 0.2) is 17.8 Å². The summed E-state index contributed by atoms with van der Waals surface area (Å²) in [4.78, 5) is 12.1. The number of hydrogen-bond donors (Lipinski definition) is 2. The Labute approximate surface area is 160 Å². The first-order valence-corrected chi connectivity index (χ1v) is 9.78. The molecule has 3 rings (SSSR count). The van der Waals surface area contributed by atoms with Crippen LogP contribution in [0.1, 0.15) is 39.5 Å². The molecule has 0 radical (unpaired) electrons. The number of urea groups is 1. The standard InChI is InChI=1S/C20H30N2O5/c1-3-7-20(2,18-26-12-13-27-18)8-4-9-21-19(23)22-15-5-6-16-17(14-15)25-11-10-24-16/h5-6,14,18H,3-4,7-13H2,1-2H3,(H2,21,22,23)/t20-/m1/s1. The molecule has 7 heteroatoms. The number of fused-ring (bicyclic) bond motifs is 1. The molecule has 0 unspecified atom stereocenters. The minimum Gasteiger partial charge on any atom is -0.486 e. The Morgan fingerprint density at radius 3 is 2.59 bits per heavy atom. The maximum absolute atomic E-state index is 12.1. The Morgan fingerprint density at radius 1 is 1.11 bits per heavy atom. The molecule has 2 N–H and O–H groups in total. The predicted octanol–water partition coefficient (Wildman–Crippen LogP) is 3.54. The minimum absolute atomic E-state index is 0.0146. The van der Waals surface area contributed by atoms with Gasteiger partial charge in [0.05, 0.1) is 13.2 Å². The largest absolute Gasteiger partial charge is 0.486 e. The molecule has 2 heterocycles. The van der Waals surface area contributed by atoms with Crippen LogP contribution in [-0.4, -0.2) is 45.3 Å². The van der Waals surface area contributed by atoms with Crippen molar-refractivity contribution in [2.24, 2.45) is 5.41 Å². The Bertz CT molecular complexity index is 633. The first-order chi connectivity index (χ1) is 13.1. The lowest BCUT2D eigenvalue weighted by molar-refractivity contribution is -0.133. The minimum atomic E-state index is -0.225. The van der Waals surface area contributed by atoms with E-state index in [0.717, 1.165) is 25.7 Å². The van der Waals surface area contributed by atoms with Crippen LogP contribution in [-0.2, 0) is 9.47 Å². The molecule has 1 fully saturated rings. The van der Waals surface area contributed by atoms with E-state index < -0.39 is 0 Å². The van der Waals surface area contributed by atoms with Gasteiger partial charge >= 0.3 is 6.03 Å².